The quantitative estimate of drug-likeness (QED) is 0.565. The molecule has 0 aliphatic carbocycles. The summed E-state index contributed by atoms with van der Waals surface area (Å²) < 4.78 is 12.6. The second-order valence-corrected chi connectivity index (χ2v) is 17.0. The lowest BCUT2D eigenvalue weighted by atomic mass is 10.1. The summed E-state index contributed by atoms with van der Waals surface area (Å²) >= 11 is 12.4. The van der Waals surface area contributed by atoms with Gasteiger partial charge < -0.3 is 8.85 Å². The van der Waals surface area contributed by atoms with Gasteiger partial charge in [-0.3, -0.25) is 0 Å². The van der Waals surface area contributed by atoms with Crippen molar-refractivity contribution in [2.45, 2.75) is 58.4 Å². The largest absolute Gasteiger partial charge is 0.412 e. The van der Waals surface area contributed by atoms with Gasteiger partial charge in [0.05, 0.1) is 12.2 Å². The number of hydrogen-bond acceptors (Lipinski definition) is 2. The van der Waals surface area contributed by atoms with E-state index in [1.165, 1.54) is 0 Å². The Balaban J connectivity index is 3.12. The van der Waals surface area contributed by atoms with Crippen LogP contribution in [0, 0.1) is 0 Å². The molecule has 21 heavy (non-hydrogen) atoms. The molecule has 1 rings (SSSR count). The molecule has 0 aliphatic heterocycles. The van der Waals surface area contributed by atoms with Crippen LogP contribution < -0.4 is 0 Å². The van der Waals surface area contributed by atoms with Gasteiger partial charge in [0.15, 0.2) is 16.6 Å². The first-order chi connectivity index (χ1) is 9.39. The highest BCUT2D eigenvalue weighted by atomic mass is 35.5. The molecule has 0 saturated carbocycles. The average Bonchev–Trinajstić information content (AvgIpc) is 2.22. The van der Waals surface area contributed by atoms with Crippen LogP contribution >= 0.6 is 23.2 Å². The minimum absolute atomic E-state index is 0.0398. The second kappa shape index (κ2) is 7.15. The maximum Gasteiger partial charge on any atom is 0.184 e. The Labute approximate surface area is 141 Å². The maximum absolute atomic E-state index is 6.38. The van der Waals surface area contributed by atoms with Crippen molar-refractivity contribution in [3.8, 4) is 0 Å². The molecule has 1 aromatic carbocycles. The van der Waals surface area contributed by atoms with E-state index in [1.807, 2.05) is 12.1 Å². The van der Waals surface area contributed by atoms with Crippen LogP contribution in [0.15, 0.2) is 18.2 Å². The molecule has 2 nitrogen and oxygen atoms in total. The van der Waals surface area contributed by atoms with Gasteiger partial charge >= 0.3 is 0 Å². The predicted molar refractivity (Wildman–Crippen MR) is 97.5 cm³/mol. The Hall–Kier alpha value is 0.154. The lowest BCUT2D eigenvalue weighted by Crippen LogP contribution is -2.38. The molecular weight excluding hydrogens is 339 g/mol. The molecule has 1 aromatic rings. The molecule has 0 heterocycles. The van der Waals surface area contributed by atoms with Crippen molar-refractivity contribution in [1.82, 2.24) is 0 Å². The van der Waals surface area contributed by atoms with Gasteiger partial charge in [-0.15, -0.1) is 0 Å². The summed E-state index contributed by atoms with van der Waals surface area (Å²) in [6.45, 7) is 15.1. The van der Waals surface area contributed by atoms with Crippen LogP contribution in [0.4, 0.5) is 0 Å². The first-order valence-electron chi connectivity index (χ1n) is 7.20. The molecule has 6 heteroatoms. The summed E-state index contributed by atoms with van der Waals surface area (Å²) in [5.74, 6) is 0. The molecule has 120 valence electrons. The standard InChI is InChI=1S/C15H26Cl2O2Si2/c1-11(18-20(2,3)4)15(19-21(5,6)7)13-9-8-12(16)10-14(13)17/h8-11,15H,1-7H3/t11-,15+/m0/s1. The second-order valence-electron chi connectivity index (χ2n) is 7.25. The maximum atomic E-state index is 6.38. The van der Waals surface area contributed by atoms with Crippen molar-refractivity contribution in [3.63, 3.8) is 0 Å². The topological polar surface area (TPSA) is 18.5 Å². The first-order valence-corrected chi connectivity index (χ1v) is 14.8. The van der Waals surface area contributed by atoms with E-state index in [9.17, 15) is 0 Å². The highest BCUT2D eigenvalue weighted by molar-refractivity contribution is 6.70. The third kappa shape index (κ3) is 6.84. The van der Waals surface area contributed by atoms with E-state index in [1.54, 1.807) is 6.07 Å². The van der Waals surface area contributed by atoms with E-state index >= 15 is 0 Å². The Morgan fingerprint density at radius 2 is 1.43 bits per heavy atom. The minimum Gasteiger partial charge on any atom is -0.412 e. The summed E-state index contributed by atoms with van der Waals surface area (Å²) in [5, 5.41) is 1.27. The molecule has 0 unspecified atom stereocenters. The lowest BCUT2D eigenvalue weighted by molar-refractivity contribution is 0.0550. The zero-order valence-electron chi connectivity index (χ0n) is 14.0. The SMILES string of the molecule is C[C@H](O[Si](C)(C)C)[C@@H](O[Si](C)(C)C)c1ccc(Cl)cc1Cl. The number of benzene rings is 1. The van der Waals surface area contributed by atoms with Gasteiger partial charge in [0, 0.05) is 15.6 Å². The fourth-order valence-electron chi connectivity index (χ4n) is 2.14. The minimum atomic E-state index is -1.73. The molecule has 0 amide bonds. The van der Waals surface area contributed by atoms with Gasteiger partial charge in [0.1, 0.15) is 0 Å². The van der Waals surface area contributed by atoms with Crippen molar-refractivity contribution in [2.75, 3.05) is 0 Å². The van der Waals surface area contributed by atoms with E-state index in [4.69, 9.17) is 32.1 Å². The van der Waals surface area contributed by atoms with Crippen molar-refractivity contribution in [2.24, 2.45) is 0 Å². The summed E-state index contributed by atoms with van der Waals surface area (Å²) in [6.07, 6.45) is -0.199. The molecule has 0 bridgehead atoms. The Kier molecular flexibility index (Phi) is 6.54. The van der Waals surface area contributed by atoms with E-state index in [-0.39, 0.29) is 12.2 Å². The lowest BCUT2D eigenvalue weighted by Gasteiger charge is -2.35. The molecule has 0 spiro atoms. The number of hydrogen-bond donors (Lipinski definition) is 0. The van der Waals surface area contributed by atoms with Gasteiger partial charge in [0.2, 0.25) is 0 Å². The van der Waals surface area contributed by atoms with Crippen molar-refractivity contribution < 1.29 is 8.85 Å². The van der Waals surface area contributed by atoms with Gasteiger partial charge in [-0.05, 0) is 58.3 Å². The molecule has 0 N–H and O–H groups in total. The molecule has 0 aliphatic rings. The fraction of sp³-hybridized carbons (Fsp3) is 0.600. The third-order valence-corrected chi connectivity index (χ3v) is 5.32. The van der Waals surface area contributed by atoms with Gasteiger partial charge in [-0.1, -0.05) is 29.3 Å². The molecule has 0 aromatic heterocycles. The van der Waals surface area contributed by atoms with Crippen LogP contribution in [-0.4, -0.2) is 22.7 Å². The average molecular weight is 365 g/mol. The van der Waals surface area contributed by atoms with Crippen LogP contribution in [0.2, 0.25) is 49.3 Å². The highest BCUT2D eigenvalue weighted by Gasteiger charge is 2.31. The van der Waals surface area contributed by atoms with Crippen LogP contribution in [0.3, 0.4) is 0 Å². The van der Waals surface area contributed by atoms with Gasteiger partial charge in [-0.25, -0.2) is 0 Å². The van der Waals surface area contributed by atoms with Crippen LogP contribution in [-0.2, 0) is 8.85 Å². The van der Waals surface area contributed by atoms with E-state index in [0.717, 1.165) is 5.56 Å². The number of halogens is 2. The summed E-state index contributed by atoms with van der Waals surface area (Å²) in [6, 6.07) is 5.56. The third-order valence-electron chi connectivity index (χ3n) is 2.72. The highest BCUT2D eigenvalue weighted by Crippen LogP contribution is 2.34. The Bertz CT molecular complexity index is 482. The van der Waals surface area contributed by atoms with Crippen molar-refractivity contribution in [1.29, 1.82) is 0 Å². The zero-order valence-corrected chi connectivity index (χ0v) is 17.5. The fourth-order valence-corrected chi connectivity index (χ4v) is 4.98. The normalized spacial score (nSPS) is 15.9. The van der Waals surface area contributed by atoms with E-state index in [0.29, 0.717) is 10.0 Å². The molecular formula is C15H26Cl2O2Si2. The smallest absolute Gasteiger partial charge is 0.184 e. The van der Waals surface area contributed by atoms with Gasteiger partial charge in [-0.2, -0.15) is 0 Å². The molecule has 0 saturated heterocycles. The summed E-state index contributed by atoms with van der Waals surface area (Å²) in [7, 11) is -3.39. The van der Waals surface area contributed by atoms with Crippen LogP contribution in [0.1, 0.15) is 18.6 Å². The van der Waals surface area contributed by atoms with Crippen LogP contribution in [0.5, 0.6) is 0 Å². The monoisotopic (exact) mass is 364 g/mol. The van der Waals surface area contributed by atoms with Crippen molar-refractivity contribution in [3.05, 3.63) is 33.8 Å². The van der Waals surface area contributed by atoms with E-state index < -0.39 is 16.6 Å². The Morgan fingerprint density at radius 3 is 1.86 bits per heavy atom. The summed E-state index contributed by atoms with van der Waals surface area (Å²) in [4.78, 5) is 0. The van der Waals surface area contributed by atoms with Crippen molar-refractivity contribution >= 4 is 39.8 Å². The van der Waals surface area contributed by atoms with Crippen LogP contribution in [0.25, 0.3) is 0 Å². The van der Waals surface area contributed by atoms with E-state index in [2.05, 4.69) is 46.2 Å². The molecule has 0 fully saturated rings. The van der Waals surface area contributed by atoms with Gasteiger partial charge in [0.25, 0.3) is 0 Å². The zero-order chi connectivity index (χ0) is 16.4. The molecule has 0 radical (unpaired) electrons. The number of rotatable bonds is 6. The first kappa shape index (κ1) is 19.2. The predicted octanol–water partition coefficient (Wildman–Crippen LogP) is 6.13. The summed E-state index contributed by atoms with van der Waals surface area (Å²) in [5.41, 5.74) is 0.953. The molecule has 2 atom stereocenters. The Morgan fingerprint density at radius 1 is 0.905 bits per heavy atom.